The highest BCUT2D eigenvalue weighted by atomic mass is 14.7. The van der Waals surface area contributed by atoms with Crippen LogP contribution >= 0.6 is 0 Å². The van der Waals surface area contributed by atoms with Gasteiger partial charge in [-0.05, 0) is 80.8 Å². The molecule has 0 aliphatic heterocycles. The summed E-state index contributed by atoms with van der Waals surface area (Å²) in [6, 6.07) is 4.74. The van der Waals surface area contributed by atoms with Crippen LogP contribution in [0.15, 0.2) is 18.3 Å². The molecule has 2 fully saturated rings. The molecule has 22 heavy (non-hydrogen) atoms. The quantitative estimate of drug-likeness (QED) is 0.622. The first kappa shape index (κ1) is 16.0. The summed E-state index contributed by atoms with van der Waals surface area (Å²) in [6.07, 6.45) is 16.1. The third-order valence-corrected chi connectivity index (χ3v) is 6.55. The first-order valence-electron chi connectivity index (χ1n) is 9.76. The lowest BCUT2D eigenvalue weighted by atomic mass is 9.77. The van der Waals surface area contributed by atoms with Gasteiger partial charge in [0.25, 0.3) is 0 Å². The maximum Gasteiger partial charge on any atom is 0.0434 e. The van der Waals surface area contributed by atoms with Gasteiger partial charge in [-0.1, -0.05) is 32.8 Å². The molecule has 0 amide bonds. The van der Waals surface area contributed by atoms with Gasteiger partial charge in [0.15, 0.2) is 0 Å². The third kappa shape index (κ3) is 3.73. The van der Waals surface area contributed by atoms with Crippen molar-refractivity contribution in [3.05, 3.63) is 29.6 Å². The Morgan fingerprint density at radius 3 is 1.77 bits per heavy atom. The summed E-state index contributed by atoms with van der Waals surface area (Å²) < 4.78 is 0. The van der Waals surface area contributed by atoms with Crippen LogP contribution < -0.4 is 0 Å². The summed E-state index contributed by atoms with van der Waals surface area (Å²) in [5, 5.41) is 0. The Morgan fingerprint density at radius 2 is 1.32 bits per heavy atom. The second kappa shape index (κ2) is 7.62. The minimum absolute atomic E-state index is 0.729. The molecule has 1 nitrogen and oxygen atoms in total. The Bertz CT molecular complexity index is 390. The summed E-state index contributed by atoms with van der Waals surface area (Å²) in [4.78, 5) is 4.87. The molecule has 0 radical (unpaired) electrons. The number of rotatable bonds is 4. The first-order chi connectivity index (χ1) is 10.8. The second-order valence-electron chi connectivity index (χ2n) is 7.77. The van der Waals surface area contributed by atoms with E-state index in [1.165, 1.54) is 75.5 Å². The molecular formula is C21H33N. The van der Waals surface area contributed by atoms with E-state index in [0.29, 0.717) is 0 Å². The molecule has 122 valence electrons. The SMILES string of the molecule is CCC1CCC(c2ccc(C3CCC(CC)CC3)nc2)CC1. The van der Waals surface area contributed by atoms with Crippen LogP contribution in [0.2, 0.25) is 0 Å². The highest BCUT2D eigenvalue weighted by molar-refractivity contribution is 5.21. The highest BCUT2D eigenvalue weighted by Crippen LogP contribution is 2.39. The predicted molar refractivity (Wildman–Crippen MR) is 94.2 cm³/mol. The molecule has 0 aromatic carbocycles. The van der Waals surface area contributed by atoms with Gasteiger partial charge in [-0.3, -0.25) is 4.98 Å². The van der Waals surface area contributed by atoms with E-state index in [2.05, 4.69) is 32.2 Å². The number of aromatic nitrogens is 1. The van der Waals surface area contributed by atoms with Crippen LogP contribution in [0.25, 0.3) is 0 Å². The maximum atomic E-state index is 4.87. The van der Waals surface area contributed by atoms with Gasteiger partial charge in [0.2, 0.25) is 0 Å². The standard InChI is InChI=1S/C21H33N/c1-3-16-5-9-18(10-6-16)20-13-14-21(22-15-20)19-11-7-17(4-2)8-12-19/h13-19H,3-12H2,1-2H3. The highest BCUT2D eigenvalue weighted by Gasteiger charge is 2.24. The van der Waals surface area contributed by atoms with Crippen molar-refractivity contribution in [1.29, 1.82) is 0 Å². The van der Waals surface area contributed by atoms with Crippen molar-refractivity contribution in [3.8, 4) is 0 Å². The molecule has 2 aliphatic rings. The molecule has 1 aromatic rings. The van der Waals surface area contributed by atoms with E-state index >= 15 is 0 Å². The summed E-state index contributed by atoms with van der Waals surface area (Å²) in [7, 11) is 0. The molecule has 0 spiro atoms. The fourth-order valence-corrected chi connectivity index (χ4v) is 4.67. The molecule has 0 unspecified atom stereocenters. The van der Waals surface area contributed by atoms with Gasteiger partial charge < -0.3 is 0 Å². The second-order valence-corrected chi connectivity index (χ2v) is 7.77. The van der Waals surface area contributed by atoms with Crippen LogP contribution in [0.3, 0.4) is 0 Å². The number of pyridine rings is 1. The van der Waals surface area contributed by atoms with Crippen molar-refractivity contribution >= 4 is 0 Å². The van der Waals surface area contributed by atoms with Gasteiger partial charge in [0, 0.05) is 17.8 Å². The van der Waals surface area contributed by atoms with Crippen LogP contribution in [0.5, 0.6) is 0 Å². The normalized spacial score (nSPS) is 32.8. The number of nitrogens with zero attached hydrogens (tertiary/aromatic N) is 1. The minimum Gasteiger partial charge on any atom is -0.261 e. The molecule has 1 heteroatoms. The fraction of sp³-hybridized carbons (Fsp3) is 0.762. The molecule has 0 saturated heterocycles. The molecule has 1 heterocycles. The number of hydrogen-bond donors (Lipinski definition) is 0. The van der Waals surface area contributed by atoms with Gasteiger partial charge in [-0.2, -0.15) is 0 Å². The first-order valence-corrected chi connectivity index (χ1v) is 9.76. The van der Waals surface area contributed by atoms with E-state index in [0.717, 1.165) is 23.7 Å². The van der Waals surface area contributed by atoms with Crippen LogP contribution in [0, 0.1) is 11.8 Å². The zero-order valence-corrected chi connectivity index (χ0v) is 14.6. The summed E-state index contributed by atoms with van der Waals surface area (Å²) in [5.41, 5.74) is 2.86. The van der Waals surface area contributed by atoms with Gasteiger partial charge in [-0.15, -0.1) is 0 Å². The van der Waals surface area contributed by atoms with Crippen LogP contribution in [0.4, 0.5) is 0 Å². The largest absolute Gasteiger partial charge is 0.261 e. The topological polar surface area (TPSA) is 12.9 Å². The van der Waals surface area contributed by atoms with Gasteiger partial charge >= 0.3 is 0 Å². The van der Waals surface area contributed by atoms with Gasteiger partial charge in [0.05, 0.1) is 0 Å². The van der Waals surface area contributed by atoms with E-state index < -0.39 is 0 Å². The van der Waals surface area contributed by atoms with E-state index in [1.54, 1.807) is 0 Å². The van der Waals surface area contributed by atoms with E-state index in [4.69, 9.17) is 4.98 Å². The van der Waals surface area contributed by atoms with Crippen LogP contribution in [0.1, 0.15) is 101 Å². The number of hydrogen-bond acceptors (Lipinski definition) is 1. The lowest BCUT2D eigenvalue weighted by Gasteiger charge is -2.29. The van der Waals surface area contributed by atoms with E-state index in [-0.39, 0.29) is 0 Å². The zero-order valence-electron chi connectivity index (χ0n) is 14.6. The molecule has 3 rings (SSSR count). The minimum atomic E-state index is 0.729. The lowest BCUT2D eigenvalue weighted by Crippen LogP contribution is -2.15. The maximum absolute atomic E-state index is 4.87. The van der Waals surface area contributed by atoms with Crippen LogP contribution in [-0.2, 0) is 0 Å². The van der Waals surface area contributed by atoms with Crippen molar-refractivity contribution in [2.45, 2.75) is 89.9 Å². The fourth-order valence-electron chi connectivity index (χ4n) is 4.67. The van der Waals surface area contributed by atoms with Gasteiger partial charge in [-0.25, -0.2) is 0 Å². The van der Waals surface area contributed by atoms with Crippen molar-refractivity contribution in [2.75, 3.05) is 0 Å². The third-order valence-electron chi connectivity index (χ3n) is 6.55. The van der Waals surface area contributed by atoms with Crippen molar-refractivity contribution in [2.24, 2.45) is 11.8 Å². The summed E-state index contributed by atoms with van der Waals surface area (Å²) in [5.74, 6) is 3.47. The molecule has 2 saturated carbocycles. The molecule has 2 aliphatic carbocycles. The Morgan fingerprint density at radius 1 is 0.773 bits per heavy atom. The van der Waals surface area contributed by atoms with Crippen LogP contribution in [-0.4, -0.2) is 4.98 Å². The monoisotopic (exact) mass is 299 g/mol. The average Bonchev–Trinajstić information content (AvgIpc) is 2.62. The van der Waals surface area contributed by atoms with Crippen molar-refractivity contribution < 1.29 is 0 Å². The average molecular weight is 300 g/mol. The Labute approximate surface area is 136 Å². The molecule has 0 N–H and O–H groups in total. The van der Waals surface area contributed by atoms with Crippen molar-refractivity contribution in [1.82, 2.24) is 4.98 Å². The Balaban J connectivity index is 1.57. The smallest absolute Gasteiger partial charge is 0.0434 e. The molecular weight excluding hydrogens is 266 g/mol. The van der Waals surface area contributed by atoms with E-state index in [9.17, 15) is 0 Å². The predicted octanol–water partition coefficient (Wildman–Crippen LogP) is 6.45. The van der Waals surface area contributed by atoms with Crippen molar-refractivity contribution in [3.63, 3.8) is 0 Å². The Hall–Kier alpha value is -0.850. The van der Waals surface area contributed by atoms with Gasteiger partial charge in [0.1, 0.15) is 0 Å². The molecule has 0 bridgehead atoms. The molecule has 1 aromatic heterocycles. The molecule has 0 atom stereocenters. The Kier molecular flexibility index (Phi) is 5.55. The lowest BCUT2D eigenvalue weighted by molar-refractivity contribution is 0.313. The summed E-state index contributed by atoms with van der Waals surface area (Å²) >= 11 is 0. The van der Waals surface area contributed by atoms with E-state index in [1.807, 2.05) is 0 Å². The summed E-state index contributed by atoms with van der Waals surface area (Å²) in [6.45, 7) is 4.68. The zero-order chi connectivity index (χ0) is 15.4.